The lowest BCUT2D eigenvalue weighted by molar-refractivity contribution is -0.253. The number of unbranched alkanes of at least 4 members (excludes halogenated alkanes) is 7. The molecule has 0 aliphatic heterocycles. The van der Waals surface area contributed by atoms with Crippen LogP contribution in [0.15, 0.2) is 213 Å². The molecule has 0 saturated heterocycles. The van der Waals surface area contributed by atoms with Gasteiger partial charge >= 0.3 is 12.4 Å². The number of hydrogen-bond acceptors (Lipinski definition) is 17. The van der Waals surface area contributed by atoms with Gasteiger partial charge in [-0.1, -0.05) is 189 Å². The van der Waals surface area contributed by atoms with Crippen molar-refractivity contribution < 1.29 is 68.0 Å². The first kappa shape index (κ1) is 85.8. The summed E-state index contributed by atoms with van der Waals surface area (Å²) in [6, 6.07) is 64.2. The van der Waals surface area contributed by atoms with Crippen molar-refractivity contribution in [3.8, 4) is 121 Å². The predicted octanol–water partition coefficient (Wildman–Crippen LogP) is 24.3. The lowest BCUT2D eigenvalue weighted by Crippen LogP contribution is -2.34. The molecule has 0 unspecified atom stereocenters. The number of methoxy groups -OCH3 is 5. The van der Waals surface area contributed by atoms with E-state index in [1.165, 1.54) is 43.2 Å². The molecular formula is C93H92F6N8O9. The molecule has 3 aromatic heterocycles. The van der Waals surface area contributed by atoms with Crippen molar-refractivity contribution >= 4 is 23.3 Å². The van der Waals surface area contributed by atoms with E-state index < -0.39 is 23.8 Å². The standard InChI is InChI=1S/C40H48N2O6.C30H30N4O2.C23H14F6N2O/c1-29-36(44-3)23-30(24-37(29)45-4)21-34(27-41)32-15-17-33(18-16-32)35(28-42)22-31-25-38(46-5)40(39(26-31)47-6)48-20-14-12-10-8-7-9-11-13-19-43-2;1-29(2,3)23-14-10-19(11-15-23)25-31-33-27(35-25)21-8-7-9-22(18-21)28-34-32-26(36-28)20-12-16-24(17-13-20)30(4,5)6;24-22(25,26)19(23(27,28)29)16-8-12-18(13-9-16)21-31-30-20(32-21)17-10-6-15(7-11-17)14-4-2-1-3-5-14/h15-18,21-26H,7-14,19-20H2,1-6H3;7-18H,1-6H3;1-13,19H. The van der Waals surface area contributed by atoms with Gasteiger partial charge in [-0.3, -0.25) is 0 Å². The Morgan fingerprint density at radius 3 is 1.05 bits per heavy atom. The van der Waals surface area contributed by atoms with Gasteiger partial charge in [-0.15, -0.1) is 30.6 Å². The third-order valence-corrected chi connectivity index (χ3v) is 19.1. The van der Waals surface area contributed by atoms with Crippen molar-refractivity contribution in [2.75, 3.05) is 48.8 Å². The fourth-order valence-electron chi connectivity index (χ4n) is 12.6. The molecule has 23 heteroatoms. The molecule has 0 saturated carbocycles. The van der Waals surface area contributed by atoms with E-state index in [4.69, 9.17) is 41.7 Å². The minimum Gasteiger partial charge on any atom is -0.496 e. The van der Waals surface area contributed by atoms with Crippen molar-refractivity contribution in [3.63, 3.8) is 0 Å². The molecule has 0 fully saturated rings. The molecule has 9 aromatic carbocycles. The molecule has 0 spiro atoms. The minimum absolute atomic E-state index is 0.0192. The number of benzene rings is 9. The van der Waals surface area contributed by atoms with E-state index in [0.29, 0.717) is 81.2 Å². The van der Waals surface area contributed by atoms with Gasteiger partial charge in [0.15, 0.2) is 17.4 Å². The van der Waals surface area contributed by atoms with E-state index in [2.05, 4.69) is 109 Å². The second-order valence-electron chi connectivity index (χ2n) is 29.4. The summed E-state index contributed by atoms with van der Waals surface area (Å²) in [5.74, 6) is 1.41. The van der Waals surface area contributed by atoms with Crippen LogP contribution in [-0.2, 0) is 15.6 Å². The number of halogens is 6. The zero-order valence-corrected chi connectivity index (χ0v) is 66.9. The van der Waals surface area contributed by atoms with Crippen LogP contribution in [0, 0.1) is 29.6 Å². The van der Waals surface area contributed by atoms with E-state index in [-0.39, 0.29) is 28.2 Å². The second kappa shape index (κ2) is 39.4. The molecule has 0 amide bonds. The Kier molecular flexibility index (Phi) is 29.2. The summed E-state index contributed by atoms with van der Waals surface area (Å²) in [6.07, 6.45) is 2.02. The number of allylic oxidation sites excluding steroid dienone is 2. The van der Waals surface area contributed by atoms with E-state index in [1.54, 1.807) is 59.8 Å². The maximum atomic E-state index is 12.9. The number of ether oxygens (including phenoxy) is 6. The van der Waals surface area contributed by atoms with Crippen molar-refractivity contribution in [2.24, 2.45) is 0 Å². The lowest BCUT2D eigenvalue weighted by Gasteiger charge is -2.23. The summed E-state index contributed by atoms with van der Waals surface area (Å²) < 4.78 is 128. The van der Waals surface area contributed by atoms with Gasteiger partial charge in [0.25, 0.3) is 0 Å². The Balaban J connectivity index is 0.000000188. The van der Waals surface area contributed by atoms with E-state index in [0.717, 1.165) is 106 Å². The Bertz CT molecular complexity index is 5170. The Morgan fingerprint density at radius 1 is 0.379 bits per heavy atom. The summed E-state index contributed by atoms with van der Waals surface area (Å²) in [5.41, 5.74) is 12.7. The van der Waals surface area contributed by atoms with Crippen LogP contribution in [0.5, 0.6) is 28.7 Å². The first-order valence-corrected chi connectivity index (χ1v) is 37.8. The van der Waals surface area contributed by atoms with Gasteiger partial charge in [-0.2, -0.15) is 36.9 Å². The van der Waals surface area contributed by atoms with Crippen LogP contribution in [0.4, 0.5) is 26.3 Å². The van der Waals surface area contributed by atoms with E-state index in [9.17, 15) is 36.9 Å². The zero-order chi connectivity index (χ0) is 83.2. The van der Waals surface area contributed by atoms with E-state index in [1.807, 2.05) is 146 Å². The number of nitriles is 2. The summed E-state index contributed by atoms with van der Waals surface area (Å²) in [5, 5.41) is 44.8. The van der Waals surface area contributed by atoms with Crippen LogP contribution in [-0.4, -0.2) is 91.7 Å². The maximum absolute atomic E-state index is 12.9. The third kappa shape index (κ3) is 22.9. The predicted molar refractivity (Wildman–Crippen MR) is 438 cm³/mol. The summed E-state index contributed by atoms with van der Waals surface area (Å²) in [6.45, 7) is 16.5. The molecule has 12 aromatic rings. The average Bonchev–Trinajstić information content (AvgIpc) is 1.06. The van der Waals surface area contributed by atoms with Gasteiger partial charge in [0.2, 0.25) is 41.1 Å². The van der Waals surface area contributed by atoms with Gasteiger partial charge in [0, 0.05) is 52.7 Å². The largest absolute Gasteiger partial charge is 0.496 e. The molecule has 0 radical (unpaired) electrons. The lowest BCUT2D eigenvalue weighted by atomic mass is 9.87. The van der Waals surface area contributed by atoms with Gasteiger partial charge in [0.1, 0.15) is 11.5 Å². The van der Waals surface area contributed by atoms with Crippen LogP contribution >= 0.6 is 0 Å². The first-order valence-electron chi connectivity index (χ1n) is 37.8. The molecule has 12 rings (SSSR count). The average molecular weight is 1580 g/mol. The number of nitrogens with zero attached hydrogens (tertiary/aromatic N) is 8. The van der Waals surface area contributed by atoms with Gasteiger partial charge in [-0.05, 0) is 184 Å². The normalized spacial score (nSPS) is 11.9. The number of rotatable bonds is 28. The summed E-state index contributed by atoms with van der Waals surface area (Å²) in [4.78, 5) is 0. The zero-order valence-electron chi connectivity index (χ0n) is 66.9. The molecule has 600 valence electrons. The molecule has 0 aliphatic rings. The van der Waals surface area contributed by atoms with Crippen molar-refractivity contribution in [1.82, 2.24) is 30.6 Å². The maximum Gasteiger partial charge on any atom is 0.404 e. The second-order valence-corrected chi connectivity index (χ2v) is 29.4. The van der Waals surface area contributed by atoms with Crippen molar-refractivity contribution in [1.29, 1.82) is 10.5 Å². The number of aromatic nitrogens is 6. The summed E-state index contributed by atoms with van der Waals surface area (Å²) in [7, 11) is 8.14. The molecule has 0 N–H and O–H groups in total. The quantitative estimate of drug-likeness (QED) is 0.0193. The van der Waals surface area contributed by atoms with Gasteiger partial charge in [-0.25, -0.2) is 0 Å². The Hall–Kier alpha value is -12.6. The van der Waals surface area contributed by atoms with Crippen LogP contribution in [0.1, 0.15) is 143 Å². The van der Waals surface area contributed by atoms with Crippen LogP contribution < -0.4 is 23.7 Å². The topological polar surface area (TPSA) is 220 Å². The highest BCUT2D eigenvalue weighted by Gasteiger charge is 2.57. The highest BCUT2D eigenvalue weighted by atomic mass is 19.4. The van der Waals surface area contributed by atoms with Crippen LogP contribution in [0.2, 0.25) is 0 Å². The van der Waals surface area contributed by atoms with Gasteiger partial charge < -0.3 is 41.7 Å². The molecule has 0 bridgehead atoms. The molecule has 17 nitrogen and oxygen atoms in total. The van der Waals surface area contributed by atoms with Gasteiger partial charge in [0.05, 0.1) is 58.3 Å². The van der Waals surface area contributed by atoms with E-state index >= 15 is 0 Å². The molecule has 0 aliphatic carbocycles. The number of alkyl halides is 6. The number of hydrogen-bond donors (Lipinski definition) is 0. The fourth-order valence-corrected chi connectivity index (χ4v) is 12.6. The van der Waals surface area contributed by atoms with Crippen molar-refractivity contribution in [3.05, 3.63) is 245 Å². The Labute approximate surface area is 672 Å². The molecular weight excluding hydrogens is 1490 g/mol. The third-order valence-electron chi connectivity index (χ3n) is 19.1. The van der Waals surface area contributed by atoms with Crippen LogP contribution in [0.3, 0.4) is 0 Å². The SMILES string of the molecule is CC(C)(C)c1ccc(-c2nnc(-c3cccc(-c4nnc(-c5ccc(C(C)(C)C)cc5)o4)c3)o2)cc1.COCCCCCCCCCCOc1c(OC)cc(C=C(C#N)c2ccc(C(C#N)=Cc3cc(OC)c(C)c(OC)c3)cc2)cc1OC.FC(F)(F)C(c1ccc(-c2nnc(-c3ccc(-c4ccccc4)cc3)o2)cc1)C(F)(F)F. The summed E-state index contributed by atoms with van der Waals surface area (Å²) >= 11 is 0. The Morgan fingerprint density at radius 2 is 0.698 bits per heavy atom. The highest BCUT2D eigenvalue weighted by molar-refractivity contribution is 5.93. The van der Waals surface area contributed by atoms with Crippen LogP contribution in [0.25, 0.3) is 103 Å². The highest BCUT2D eigenvalue weighted by Crippen LogP contribution is 2.47. The fraction of sp³-hybridized carbons (Fsp3) is 0.290. The first-order chi connectivity index (χ1) is 55.6. The molecule has 0 atom stereocenters. The smallest absolute Gasteiger partial charge is 0.404 e. The van der Waals surface area contributed by atoms with Crippen molar-refractivity contribution in [2.45, 2.75) is 129 Å². The molecule has 116 heavy (non-hydrogen) atoms. The minimum atomic E-state index is -5.46. The monoisotopic (exact) mass is 1580 g/mol. The molecule has 3 heterocycles.